The molecule has 134 valence electrons. The van der Waals surface area contributed by atoms with Gasteiger partial charge in [-0.05, 0) is 62.7 Å². The van der Waals surface area contributed by atoms with Gasteiger partial charge in [0.25, 0.3) is 0 Å². The molecule has 0 saturated heterocycles. The lowest BCUT2D eigenvalue weighted by atomic mass is 9.78. The van der Waals surface area contributed by atoms with Crippen LogP contribution >= 0.6 is 11.3 Å². The molecule has 3 atom stereocenters. The van der Waals surface area contributed by atoms with Crippen molar-refractivity contribution in [3.63, 3.8) is 0 Å². The Morgan fingerprint density at radius 2 is 1.71 bits per heavy atom. The van der Waals surface area contributed by atoms with Crippen LogP contribution in [0.3, 0.4) is 0 Å². The highest BCUT2D eigenvalue weighted by Gasteiger charge is 2.36. The van der Waals surface area contributed by atoms with Crippen molar-refractivity contribution in [3.05, 3.63) is 11.6 Å². The molecule has 0 aromatic carbocycles. The maximum Gasteiger partial charge on any atom is 0.324 e. The maximum absolute atomic E-state index is 13.1. The SMILES string of the molecule is CC1CCC(N(C(=O)Nc2nccs2)C2C[C@@H](C)C[C@@H](C)C2)CC1. The van der Waals surface area contributed by atoms with Crippen LogP contribution in [0.1, 0.15) is 65.7 Å². The predicted octanol–water partition coefficient (Wildman–Crippen LogP) is 5.38. The molecule has 24 heavy (non-hydrogen) atoms. The Hall–Kier alpha value is -1.10. The molecule has 0 spiro atoms. The molecule has 2 fully saturated rings. The second kappa shape index (κ2) is 7.85. The van der Waals surface area contributed by atoms with Crippen LogP contribution in [0.4, 0.5) is 9.93 Å². The lowest BCUT2D eigenvalue weighted by Crippen LogP contribution is -2.52. The first-order valence-corrected chi connectivity index (χ1v) is 10.4. The van der Waals surface area contributed by atoms with Crippen LogP contribution in [0.25, 0.3) is 0 Å². The van der Waals surface area contributed by atoms with Crippen LogP contribution in [-0.4, -0.2) is 28.0 Å². The number of hydrogen-bond donors (Lipinski definition) is 1. The topological polar surface area (TPSA) is 45.2 Å². The van der Waals surface area contributed by atoms with E-state index < -0.39 is 0 Å². The Morgan fingerprint density at radius 3 is 2.29 bits per heavy atom. The van der Waals surface area contributed by atoms with E-state index in [4.69, 9.17) is 0 Å². The van der Waals surface area contributed by atoms with Gasteiger partial charge in [-0.25, -0.2) is 9.78 Å². The second-order valence-corrected chi connectivity index (χ2v) is 9.05. The van der Waals surface area contributed by atoms with Crippen LogP contribution in [0.15, 0.2) is 11.6 Å². The summed E-state index contributed by atoms with van der Waals surface area (Å²) in [5.41, 5.74) is 0. The van der Waals surface area contributed by atoms with Crippen molar-refractivity contribution >= 4 is 22.5 Å². The number of amides is 2. The van der Waals surface area contributed by atoms with Gasteiger partial charge in [-0.3, -0.25) is 5.32 Å². The lowest BCUT2D eigenvalue weighted by Gasteiger charge is -2.44. The number of aromatic nitrogens is 1. The normalized spacial score (nSPS) is 33.9. The molecule has 1 N–H and O–H groups in total. The number of carbonyl (C=O) groups is 1. The summed E-state index contributed by atoms with van der Waals surface area (Å²) in [7, 11) is 0. The van der Waals surface area contributed by atoms with Gasteiger partial charge in [0.2, 0.25) is 0 Å². The van der Waals surface area contributed by atoms with Gasteiger partial charge in [-0.1, -0.05) is 20.8 Å². The molecule has 2 aliphatic rings. The molecule has 3 rings (SSSR count). The Kier molecular flexibility index (Phi) is 5.80. The molecule has 2 aliphatic carbocycles. The third-order valence-corrected chi connectivity index (χ3v) is 6.50. The first-order chi connectivity index (χ1) is 11.5. The van der Waals surface area contributed by atoms with Gasteiger partial charge < -0.3 is 4.90 Å². The summed E-state index contributed by atoms with van der Waals surface area (Å²) in [6.45, 7) is 7.01. The summed E-state index contributed by atoms with van der Waals surface area (Å²) >= 11 is 1.49. The van der Waals surface area contributed by atoms with Gasteiger partial charge in [-0.2, -0.15) is 0 Å². The van der Waals surface area contributed by atoms with Gasteiger partial charge in [0.1, 0.15) is 0 Å². The van der Waals surface area contributed by atoms with Gasteiger partial charge >= 0.3 is 6.03 Å². The Morgan fingerprint density at radius 1 is 1.04 bits per heavy atom. The van der Waals surface area contributed by atoms with Crippen LogP contribution in [0, 0.1) is 17.8 Å². The van der Waals surface area contributed by atoms with Gasteiger partial charge in [0.05, 0.1) is 0 Å². The summed E-state index contributed by atoms with van der Waals surface area (Å²) in [5.74, 6) is 2.21. The summed E-state index contributed by atoms with van der Waals surface area (Å²) in [6, 6.07) is 0.835. The van der Waals surface area contributed by atoms with Crippen LogP contribution in [0.2, 0.25) is 0 Å². The fourth-order valence-corrected chi connectivity index (χ4v) is 5.24. The first-order valence-electron chi connectivity index (χ1n) is 9.51. The van der Waals surface area contributed by atoms with Crippen molar-refractivity contribution in [2.45, 2.75) is 77.8 Å². The molecular weight excluding hydrogens is 318 g/mol. The number of anilines is 1. The van der Waals surface area contributed by atoms with E-state index in [2.05, 4.69) is 36.0 Å². The van der Waals surface area contributed by atoms with Gasteiger partial charge in [0.15, 0.2) is 5.13 Å². The summed E-state index contributed by atoms with van der Waals surface area (Å²) < 4.78 is 0. The number of thiazole rings is 1. The van der Waals surface area contributed by atoms with Crippen LogP contribution in [-0.2, 0) is 0 Å². The highest BCUT2D eigenvalue weighted by atomic mass is 32.1. The van der Waals surface area contributed by atoms with Crippen LogP contribution < -0.4 is 5.32 Å². The zero-order valence-corrected chi connectivity index (χ0v) is 16.0. The average Bonchev–Trinajstić information content (AvgIpc) is 3.01. The minimum absolute atomic E-state index is 0.0656. The zero-order chi connectivity index (χ0) is 17.1. The second-order valence-electron chi connectivity index (χ2n) is 8.16. The molecule has 2 amide bonds. The van der Waals surface area contributed by atoms with Crippen LogP contribution in [0.5, 0.6) is 0 Å². The van der Waals surface area contributed by atoms with E-state index in [-0.39, 0.29) is 6.03 Å². The van der Waals surface area contributed by atoms with Crippen molar-refractivity contribution in [3.8, 4) is 0 Å². The van der Waals surface area contributed by atoms with E-state index >= 15 is 0 Å². The molecule has 0 radical (unpaired) electrons. The number of rotatable bonds is 3. The maximum atomic E-state index is 13.1. The quantitative estimate of drug-likeness (QED) is 0.796. The molecule has 4 nitrogen and oxygen atoms in total. The molecule has 1 heterocycles. The highest BCUT2D eigenvalue weighted by molar-refractivity contribution is 7.13. The molecule has 0 aliphatic heterocycles. The first kappa shape index (κ1) is 17.7. The molecular formula is C19H31N3OS. The van der Waals surface area contributed by atoms with E-state index in [0.29, 0.717) is 29.1 Å². The minimum Gasteiger partial charge on any atom is -0.318 e. The minimum atomic E-state index is 0.0656. The van der Waals surface area contributed by atoms with Crippen molar-refractivity contribution < 1.29 is 4.79 Å². The smallest absolute Gasteiger partial charge is 0.318 e. The van der Waals surface area contributed by atoms with Crippen molar-refractivity contribution in [1.82, 2.24) is 9.88 Å². The number of urea groups is 1. The standard InChI is InChI=1S/C19H31N3OS/c1-13-4-6-16(7-5-13)22(17-11-14(2)10-15(3)12-17)19(23)21-18-20-8-9-24-18/h8-9,13-17H,4-7,10-12H2,1-3H3,(H,20,21,23)/t13?,14-,15+,16?,17?. The summed E-state index contributed by atoms with van der Waals surface area (Å²) in [4.78, 5) is 19.5. The Bertz CT molecular complexity index is 515. The number of hydrogen-bond acceptors (Lipinski definition) is 3. The molecule has 1 unspecified atom stereocenters. The molecule has 2 saturated carbocycles. The molecule has 5 heteroatoms. The fraction of sp³-hybridized carbons (Fsp3) is 0.789. The number of carbonyl (C=O) groups excluding carboxylic acids is 1. The Labute approximate surface area is 150 Å². The van der Waals surface area contributed by atoms with E-state index in [0.717, 1.165) is 31.6 Å². The number of nitrogens with zero attached hydrogens (tertiary/aromatic N) is 2. The van der Waals surface area contributed by atoms with E-state index in [1.165, 1.54) is 30.6 Å². The van der Waals surface area contributed by atoms with E-state index in [1.807, 2.05) is 5.38 Å². The highest BCUT2D eigenvalue weighted by Crippen LogP contribution is 2.36. The zero-order valence-electron chi connectivity index (χ0n) is 15.2. The number of nitrogens with one attached hydrogen (secondary N) is 1. The third kappa shape index (κ3) is 4.29. The summed E-state index contributed by atoms with van der Waals surface area (Å²) in [6.07, 6.45) is 10.1. The van der Waals surface area contributed by atoms with Crippen molar-refractivity contribution in [2.24, 2.45) is 17.8 Å². The molecule has 1 aromatic rings. The van der Waals surface area contributed by atoms with Gasteiger partial charge in [-0.15, -0.1) is 11.3 Å². The molecule has 0 bridgehead atoms. The third-order valence-electron chi connectivity index (χ3n) is 5.81. The predicted molar refractivity (Wildman–Crippen MR) is 100 cm³/mol. The summed E-state index contributed by atoms with van der Waals surface area (Å²) in [5, 5.41) is 5.68. The van der Waals surface area contributed by atoms with Crippen molar-refractivity contribution in [2.75, 3.05) is 5.32 Å². The Balaban J connectivity index is 1.76. The average molecular weight is 350 g/mol. The van der Waals surface area contributed by atoms with E-state index in [9.17, 15) is 4.79 Å². The molecule has 1 aromatic heterocycles. The fourth-order valence-electron chi connectivity index (χ4n) is 4.72. The lowest BCUT2D eigenvalue weighted by molar-refractivity contribution is 0.0804. The monoisotopic (exact) mass is 349 g/mol. The van der Waals surface area contributed by atoms with Gasteiger partial charge in [0, 0.05) is 23.7 Å². The largest absolute Gasteiger partial charge is 0.324 e. The van der Waals surface area contributed by atoms with E-state index in [1.54, 1.807) is 6.20 Å². The van der Waals surface area contributed by atoms with Crippen molar-refractivity contribution in [1.29, 1.82) is 0 Å².